The van der Waals surface area contributed by atoms with Gasteiger partial charge in [0.1, 0.15) is 6.04 Å². The van der Waals surface area contributed by atoms with Crippen LogP contribution in [-0.2, 0) is 21.4 Å². The molecule has 7 heteroatoms. The fourth-order valence-corrected chi connectivity index (χ4v) is 4.04. The summed E-state index contributed by atoms with van der Waals surface area (Å²) in [6.07, 6.45) is 5.27. The van der Waals surface area contributed by atoms with Gasteiger partial charge in [-0.3, -0.25) is 19.3 Å². The van der Waals surface area contributed by atoms with Crippen molar-refractivity contribution in [2.24, 2.45) is 23.9 Å². The van der Waals surface area contributed by atoms with Crippen molar-refractivity contribution in [3.05, 3.63) is 16.4 Å². The highest BCUT2D eigenvalue weighted by molar-refractivity contribution is 7.07. The summed E-state index contributed by atoms with van der Waals surface area (Å²) in [6.45, 7) is 1.59. The molecule has 3 amide bonds. The number of thiazole rings is 1. The van der Waals surface area contributed by atoms with Crippen molar-refractivity contribution in [3.63, 3.8) is 0 Å². The van der Waals surface area contributed by atoms with E-state index in [1.165, 1.54) is 11.3 Å². The lowest BCUT2D eigenvalue weighted by molar-refractivity contribution is -0.146. The second-order valence-electron chi connectivity index (χ2n) is 5.97. The van der Waals surface area contributed by atoms with Crippen molar-refractivity contribution < 1.29 is 14.4 Å². The molecule has 1 saturated carbocycles. The highest BCUT2D eigenvalue weighted by Gasteiger charge is 2.50. The number of fused-ring (bicyclic) bond motifs is 1. The summed E-state index contributed by atoms with van der Waals surface area (Å²) in [5.41, 5.74) is 0. The van der Waals surface area contributed by atoms with Gasteiger partial charge in [-0.2, -0.15) is 4.99 Å². The van der Waals surface area contributed by atoms with Gasteiger partial charge >= 0.3 is 0 Å². The Kier molecular flexibility index (Phi) is 3.99. The number of hydrogen-bond donors (Lipinski definition) is 0. The molecule has 1 saturated heterocycles. The van der Waals surface area contributed by atoms with E-state index in [9.17, 15) is 14.4 Å². The molecule has 2 fully saturated rings. The molecule has 1 aliphatic carbocycles. The zero-order valence-electron chi connectivity index (χ0n) is 12.7. The molecule has 3 rings (SSSR count). The van der Waals surface area contributed by atoms with Crippen LogP contribution in [0.2, 0.25) is 0 Å². The number of hydrogen-bond acceptors (Lipinski definition) is 4. The molecule has 0 aromatic carbocycles. The van der Waals surface area contributed by atoms with Gasteiger partial charge in [0.2, 0.25) is 11.8 Å². The molecule has 6 nitrogen and oxygen atoms in total. The largest absolute Gasteiger partial charge is 0.327 e. The zero-order valence-corrected chi connectivity index (χ0v) is 13.5. The number of imide groups is 1. The third-order valence-corrected chi connectivity index (χ3v) is 5.43. The Labute approximate surface area is 132 Å². The molecule has 0 radical (unpaired) electrons. The Balaban J connectivity index is 1.84. The molecule has 2 heterocycles. The van der Waals surface area contributed by atoms with Crippen LogP contribution >= 0.6 is 11.3 Å². The summed E-state index contributed by atoms with van der Waals surface area (Å²) >= 11 is 1.35. The summed E-state index contributed by atoms with van der Waals surface area (Å²) in [6, 6.07) is -0.826. The van der Waals surface area contributed by atoms with Gasteiger partial charge in [-0.05, 0) is 19.8 Å². The van der Waals surface area contributed by atoms with E-state index in [1.807, 2.05) is 11.6 Å². The predicted molar refractivity (Wildman–Crippen MR) is 80.6 cm³/mol. The van der Waals surface area contributed by atoms with Gasteiger partial charge in [-0.1, -0.05) is 12.8 Å². The average molecular weight is 321 g/mol. The van der Waals surface area contributed by atoms with Crippen LogP contribution in [0, 0.1) is 11.8 Å². The Morgan fingerprint density at radius 3 is 2.36 bits per heavy atom. The van der Waals surface area contributed by atoms with Crippen LogP contribution in [0.15, 0.2) is 16.6 Å². The van der Waals surface area contributed by atoms with E-state index in [1.54, 1.807) is 18.5 Å². The second-order valence-corrected chi connectivity index (χ2v) is 6.84. The van der Waals surface area contributed by atoms with E-state index in [2.05, 4.69) is 4.99 Å². The minimum absolute atomic E-state index is 0.193. The van der Waals surface area contributed by atoms with Gasteiger partial charge < -0.3 is 4.57 Å². The van der Waals surface area contributed by atoms with Gasteiger partial charge in [0, 0.05) is 18.6 Å². The molecule has 22 heavy (non-hydrogen) atoms. The SMILES string of the molecule is CC(C(=O)N=c1sccn1C)N1C(=O)C2CCCCC2C1=O. The highest BCUT2D eigenvalue weighted by atomic mass is 32.1. The Bertz CT molecular complexity index is 666. The van der Waals surface area contributed by atoms with E-state index in [-0.39, 0.29) is 23.7 Å². The predicted octanol–water partition coefficient (Wildman–Crippen LogP) is 1.08. The number of amides is 3. The number of nitrogens with zero attached hydrogens (tertiary/aromatic N) is 3. The van der Waals surface area contributed by atoms with Gasteiger partial charge in [-0.25, -0.2) is 0 Å². The molecule has 1 aliphatic heterocycles. The first-order valence-corrected chi connectivity index (χ1v) is 8.44. The fraction of sp³-hybridized carbons (Fsp3) is 0.600. The number of rotatable bonds is 2. The first-order chi connectivity index (χ1) is 10.5. The first-order valence-electron chi connectivity index (χ1n) is 7.56. The van der Waals surface area contributed by atoms with Crippen LogP contribution < -0.4 is 4.80 Å². The number of aromatic nitrogens is 1. The maximum Gasteiger partial charge on any atom is 0.271 e. The van der Waals surface area contributed by atoms with Crippen LogP contribution in [0.3, 0.4) is 0 Å². The van der Waals surface area contributed by atoms with Crippen molar-refractivity contribution in [1.29, 1.82) is 0 Å². The Hall–Kier alpha value is -1.76. The summed E-state index contributed by atoms with van der Waals surface area (Å²) in [5, 5.41) is 1.83. The van der Waals surface area contributed by atoms with E-state index in [0.717, 1.165) is 30.6 Å². The van der Waals surface area contributed by atoms with Crippen LogP contribution in [-0.4, -0.2) is 33.2 Å². The molecule has 2 aliphatic rings. The topological polar surface area (TPSA) is 71.7 Å². The molecule has 118 valence electrons. The Morgan fingerprint density at radius 1 is 1.27 bits per heavy atom. The van der Waals surface area contributed by atoms with Gasteiger partial charge in [0.15, 0.2) is 4.80 Å². The maximum atomic E-state index is 12.5. The monoisotopic (exact) mass is 321 g/mol. The lowest BCUT2D eigenvalue weighted by Crippen LogP contribution is -2.43. The quantitative estimate of drug-likeness (QED) is 0.765. The molecule has 1 aromatic heterocycles. The van der Waals surface area contributed by atoms with Crippen LogP contribution in [0.25, 0.3) is 0 Å². The van der Waals surface area contributed by atoms with E-state index >= 15 is 0 Å². The third kappa shape index (κ3) is 2.43. The number of likely N-dealkylation sites (tertiary alicyclic amines) is 1. The van der Waals surface area contributed by atoms with Gasteiger partial charge in [0.05, 0.1) is 11.8 Å². The molecule has 3 unspecified atom stereocenters. The zero-order chi connectivity index (χ0) is 15.9. The minimum Gasteiger partial charge on any atom is -0.327 e. The summed E-state index contributed by atoms with van der Waals surface area (Å²) in [4.78, 5) is 43.0. The second kappa shape index (κ2) is 5.79. The van der Waals surface area contributed by atoms with Gasteiger partial charge in [-0.15, -0.1) is 11.3 Å². The molecular weight excluding hydrogens is 302 g/mol. The third-order valence-electron chi connectivity index (χ3n) is 4.59. The molecular formula is C15H19N3O3S. The van der Waals surface area contributed by atoms with E-state index < -0.39 is 11.9 Å². The molecule has 0 N–H and O–H groups in total. The maximum absolute atomic E-state index is 12.5. The molecule has 1 aromatic rings. The number of carbonyl (C=O) groups excluding carboxylic acids is 3. The summed E-state index contributed by atoms with van der Waals surface area (Å²) in [5.74, 6) is -1.29. The highest BCUT2D eigenvalue weighted by Crippen LogP contribution is 2.38. The van der Waals surface area contributed by atoms with Crippen molar-refractivity contribution >= 4 is 29.1 Å². The van der Waals surface area contributed by atoms with Crippen LogP contribution in [0.4, 0.5) is 0 Å². The summed E-state index contributed by atoms with van der Waals surface area (Å²) in [7, 11) is 1.80. The van der Waals surface area contributed by atoms with Crippen molar-refractivity contribution in [3.8, 4) is 0 Å². The van der Waals surface area contributed by atoms with Crippen LogP contribution in [0.1, 0.15) is 32.6 Å². The average Bonchev–Trinajstić information content (AvgIpc) is 3.02. The van der Waals surface area contributed by atoms with Crippen molar-refractivity contribution in [2.75, 3.05) is 0 Å². The molecule has 0 bridgehead atoms. The smallest absolute Gasteiger partial charge is 0.271 e. The number of carbonyl (C=O) groups is 3. The normalized spacial score (nSPS) is 27.2. The first kappa shape index (κ1) is 15.1. The van der Waals surface area contributed by atoms with E-state index in [0.29, 0.717) is 4.80 Å². The lowest BCUT2D eigenvalue weighted by atomic mass is 9.81. The van der Waals surface area contributed by atoms with Crippen LogP contribution in [0.5, 0.6) is 0 Å². The van der Waals surface area contributed by atoms with E-state index in [4.69, 9.17) is 0 Å². The minimum atomic E-state index is -0.826. The Morgan fingerprint density at radius 2 is 1.86 bits per heavy atom. The summed E-state index contributed by atoms with van der Waals surface area (Å²) < 4.78 is 1.74. The number of aryl methyl sites for hydroxylation is 1. The van der Waals surface area contributed by atoms with Crippen molar-refractivity contribution in [2.45, 2.75) is 38.6 Å². The fourth-order valence-electron chi connectivity index (χ4n) is 3.30. The molecule has 0 spiro atoms. The standard InChI is InChI=1S/C15H19N3O3S/c1-9(12(19)16-15-17(2)7-8-22-15)18-13(20)10-5-3-4-6-11(10)14(18)21/h7-11H,3-6H2,1-2H3. The van der Waals surface area contributed by atoms with Gasteiger partial charge in [0.25, 0.3) is 5.91 Å². The van der Waals surface area contributed by atoms with Crippen molar-refractivity contribution in [1.82, 2.24) is 9.47 Å². The molecule has 3 atom stereocenters. The lowest BCUT2D eigenvalue weighted by Gasteiger charge is -2.19.